The number of benzene rings is 2. The van der Waals surface area contributed by atoms with E-state index >= 15 is 0 Å². The second-order valence-corrected chi connectivity index (χ2v) is 38.7. The third kappa shape index (κ3) is 8.02. The summed E-state index contributed by atoms with van der Waals surface area (Å²) in [5.41, 5.74) is 0.730. The molecule has 32 heavy (non-hydrogen) atoms. The van der Waals surface area contributed by atoms with Crippen LogP contribution in [0.4, 0.5) is 0 Å². The molecular weight excluding hydrogens is 620 g/mol. The fourth-order valence-electron chi connectivity index (χ4n) is 2.88. The predicted molar refractivity (Wildman–Crippen MR) is 132 cm³/mol. The molecule has 0 aliphatic rings. The minimum absolute atomic E-state index is 0.130. The normalized spacial score (nSPS) is 11.6. The van der Waals surface area contributed by atoms with Gasteiger partial charge in [-0.2, -0.15) is 0 Å². The first kappa shape index (κ1) is 26.6. The molecule has 0 spiro atoms. The number of carbonyl (C=O) groups is 3. The van der Waals surface area contributed by atoms with Gasteiger partial charge in [0.25, 0.3) is 0 Å². The Morgan fingerprint density at radius 2 is 1.16 bits per heavy atom. The number of esters is 3. The van der Waals surface area contributed by atoms with Crippen LogP contribution in [-0.4, -0.2) is 60.6 Å². The fourth-order valence-corrected chi connectivity index (χ4v) is 9.64. The van der Waals surface area contributed by atoms with Crippen molar-refractivity contribution in [3.05, 3.63) is 59.7 Å². The Balaban J connectivity index is 1.89. The van der Waals surface area contributed by atoms with Gasteiger partial charge in [-0.05, 0) is 0 Å². The van der Waals surface area contributed by atoms with Crippen LogP contribution in [0.5, 0.6) is 0 Å². The van der Waals surface area contributed by atoms with Crippen molar-refractivity contribution in [2.75, 3.05) is 0 Å². The average Bonchev–Trinajstić information content (AvgIpc) is 2.71. The second kappa shape index (κ2) is 11.0. The van der Waals surface area contributed by atoms with E-state index in [1.807, 2.05) is 24.3 Å². The Kier molecular flexibility index (Phi) is 9.10. The fraction of sp³-hybridized carbons (Fsp3) is 0.333. The number of rotatable bonds is 7. The van der Waals surface area contributed by atoms with E-state index in [9.17, 15) is 14.4 Å². The summed E-state index contributed by atoms with van der Waals surface area (Å²) in [4.78, 5) is 50.2. The summed E-state index contributed by atoms with van der Waals surface area (Å²) in [7, 11) is 0. The maximum atomic E-state index is 12.3. The van der Waals surface area contributed by atoms with Crippen LogP contribution < -0.4 is 7.16 Å². The summed E-state index contributed by atoms with van der Waals surface area (Å²) in [6.45, 7) is 0. The van der Waals surface area contributed by atoms with E-state index in [2.05, 4.69) is 29.6 Å². The number of ether oxygens (including phenoxy) is 2. The minimum atomic E-state index is -2.35. The molecule has 6 nitrogen and oxygen atoms in total. The monoisotopic (exact) mass is 653 g/mol. The van der Waals surface area contributed by atoms with E-state index in [1.54, 1.807) is 24.3 Å². The summed E-state index contributed by atoms with van der Waals surface area (Å²) in [6.07, 6.45) is -0.358. The number of carbonyl (C=O) groups excluding carboxylic acids is 3. The molecule has 0 aliphatic heterocycles. The van der Waals surface area contributed by atoms with Gasteiger partial charge < -0.3 is 0 Å². The Morgan fingerprint density at radius 3 is 1.59 bits per heavy atom. The molecule has 0 atom stereocenters. The zero-order valence-corrected chi connectivity index (χ0v) is 25.3. The van der Waals surface area contributed by atoms with Gasteiger partial charge in [0.1, 0.15) is 0 Å². The molecule has 0 radical (unpaired) electrons. The third-order valence-corrected chi connectivity index (χ3v) is 16.6. The number of hydrogen-bond donors (Lipinski definition) is 1. The quantitative estimate of drug-likeness (QED) is 0.160. The van der Waals surface area contributed by atoms with E-state index in [0.717, 1.165) is 3.58 Å². The van der Waals surface area contributed by atoms with Crippen molar-refractivity contribution >= 4 is 67.7 Å². The van der Waals surface area contributed by atoms with Crippen LogP contribution in [0, 0.1) is 5.41 Å². The molecule has 0 unspecified atom stereocenters. The maximum absolute atomic E-state index is 12.3. The Labute approximate surface area is 197 Å². The summed E-state index contributed by atoms with van der Waals surface area (Å²) >= 11 is -4.69. The molecule has 0 saturated heterocycles. The van der Waals surface area contributed by atoms with Crippen LogP contribution >= 0.6 is 0 Å². The van der Waals surface area contributed by atoms with Gasteiger partial charge in [-0.1, -0.05) is 0 Å². The zero-order chi connectivity index (χ0) is 24.1. The van der Waals surface area contributed by atoms with E-state index in [1.165, 1.54) is 3.58 Å². The van der Waals surface area contributed by atoms with Gasteiger partial charge in [-0.3, -0.25) is 0 Å². The van der Waals surface area contributed by atoms with Crippen LogP contribution in [0.2, 0.25) is 29.6 Å². The Hall–Kier alpha value is -1.68. The van der Waals surface area contributed by atoms with Gasteiger partial charge >= 0.3 is 199 Å². The first-order valence-corrected chi connectivity index (χ1v) is 30.5. The predicted octanol–water partition coefficient (Wildman–Crippen LogP) is 4.07. The molecule has 2 rings (SSSR count). The van der Waals surface area contributed by atoms with Crippen molar-refractivity contribution in [2.45, 2.75) is 42.5 Å². The molecule has 0 aromatic heterocycles. The van der Waals surface area contributed by atoms with Gasteiger partial charge in [0.05, 0.1) is 0 Å². The molecule has 0 amide bonds. The molecule has 0 bridgehead atoms. The van der Waals surface area contributed by atoms with Crippen molar-refractivity contribution < 1.29 is 23.9 Å². The molecule has 170 valence electrons. The van der Waals surface area contributed by atoms with Crippen LogP contribution in [-0.2, 0) is 14.3 Å². The van der Waals surface area contributed by atoms with E-state index in [4.69, 9.17) is 14.9 Å². The van der Waals surface area contributed by atoms with Gasteiger partial charge in [0.2, 0.25) is 0 Å². The molecular formula is C24H31NO5Sn2. The number of nitrogens with one attached hydrogen (secondary N) is 1. The topological polar surface area (TPSA) is 93.5 Å². The molecule has 0 saturated carbocycles. The summed E-state index contributed by atoms with van der Waals surface area (Å²) in [5.74, 6) is -2.43. The van der Waals surface area contributed by atoms with E-state index in [0.29, 0.717) is 11.1 Å². The summed E-state index contributed by atoms with van der Waals surface area (Å²) < 4.78 is 12.3. The average molecular weight is 651 g/mol. The molecule has 1 N–H and O–H groups in total. The molecule has 8 heteroatoms. The molecule has 2 aromatic rings. The second-order valence-electron chi connectivity index (χ2n) is 9.74. The first-order chi connectivity index (χ1) is 14.8. The third-order valence-electron chi connectivity index (χ3n) is 4.91. The van der Waals surface area contributed by atoms with Crippen molar-refractivity contribution in [3.8, 4) is 0 Å². The van der Waals surface area contributed by atoms with Gasteiger partial charge in [-0.25, -0.2) is 0 Å². The van der Waals surface area contributed by atoms with Crippen LogP contribution in [0.15, 0.2) is 48.5 Å². The van der Waals surface area contributed by atoms with Gasteiger partial charge in [-0.15, -0.1) is 0 Å². The van der Waals surface area contributed by atoms with E-state index in [-0.39, 0.29) is 18.7 Å². The Bertz CT molecular complexity index is 952. The van der Waals surface area contributed by atoms with E-state index < -0.39 is 54.7 Å². The number of hydrogen-bond acceptors (Lipinski definition) is 6. The van der Waals surface area contributed by atoms with Crippen molar-refractivity contribution in [2.24, 2.45) is 0 Å². The zero-order valence-electron chi connectivity index (χ0n) is 19.6. The van der Waals surface area contributed by atoms with Gasteiger partial charge in [0, 0.05) is 0 Å². The summed E-state index contributed by atoms with van der Waals surface area (Å²) in [5, 5.41) is 7.87. The SMILES string of the molecule is [CH3][Sn]([CH3])([CH3])[c]1cccc(C(=O)OC(=N)CCC(=O)OC(=O)c2ccc[c]([Sn]([CH3])([CH3])[CH3])c2)c1. The van der Waals surface area contributed by atoms with Crippen molar-refractivity contribution in [1.29, 1.82) is 5.41 Å². The Morgan fingerprint density at radius 1 is 0.719 bits per heavy atom. The first-order valence-electron chi connectivity index (χ1n) is 10.5. The summed E-state index contributed by atoms with van der Waals surface area (Å²) in [6, 6.07) is 14.5. The van der Waals surface area contributed by atoms with Crippen LogP contribution in [0.3, 0.4) is 0 Å². The molecule has 0 aliphatic carbocycles. The molecule has 2 aromatic carbocycles. The standard InChI is InChI=1S/C18H13NO5.6CH3.2Sn/c19-15(23-17(21)13-7-3-1-4-8-13)11-12-16(20)24-18(22)14-9-5-2-6-10-14;;;;;;;;/h1-3,5,7-10,19H,11-12H2;6*1H3;;. The van der Waals surface area contributed by atoms with Crippen molar-refractivity contribution in [1.82, 2.24) is 0 Å². The van der Waals surface area contributed by atoms with Crippen LogP contribution in [0.25, 0.3) is 0 Å². The van der Waals surface area contributed by atoms with Gasteiger partial charge in [0.15, 0.2) is 0 Å². The van der Waals surface area contributed by atoms with Crippen LogP contribution in [0.1, 0.15) is 33.6 Å². The molecule has 0 fully saturated rings. The van der Waals surface area contributed by atoms with Crippen molar-refractivity contribution in [3.63, 3.8) is 0 Å². The molecule has 0 heterocycles.